The number of hydrogen-bond acceptors (Lipinski definition) is 5. The summed E-state index contributed by atoms with van der Waals surface area (Å²) in [4.78, 5) is 24.6. The van der Waals surface area contributed by atoms with Crippen molar-refractivity contribution in [3.8, 4) is 0 Å². The molecule has 0 aliphatic carbocycles. The zero-order chi connectivity index (χ0) is 18.6. The van der Waals surface area contributed by atoms with Gasteiger partial charge in [0.15, 0.2) is 0 Å². The zero-order valence-electron chi connectivity index (χ0n) is 14.4. The van der Waals surface area contributed by atoms with Gasteiger partial charge >= 0.3 is 0 Å². The number of nitrogens with zero attached hydrogens (tertiary/aromatic N) is 2. The van der Waals surface area contributed by atoms with E-state index in [2.05, 4.69) is 5.32 Å². The number of aliphatic hydroxyl groups excluding tert-OH is 1. The van der Waals surface area contributed by atoms with Gasteiger partial charge in [-0.1, -0.05) is 18.2 Å². The molecule has 2 aromatic rings. The fourth-order valence-electron chi connectivity index (χ4n) is 2.46. The number of nitro groups is 1. The SMILES string of the molecule is Cc1c(C(=O)NCC(O)c2ccc(N(C)C)cc2)cccc1[N+](=O)[O-]. The Balaban J connectivity index is 2.04. The summed E-state index contributed by atoms with van der Waals surface area (Å²) in [5, 5.41) is 23.8. The topological polar surface area (TPSA) is 95.7 Å². The molecule has 0 aliphatic heterocycles. The van der Waals surface area contributed by atoms with Crippen LogP contribution < -0.4 is 10.2 Å². The van der Waals surface area contributed by atoms with E-state index in [0.29, 0.717) is 11.1 Å². The van der Waals surface area contributed by atoms with Gasteiger partial charge in [0.05, 0.1) is 11.0 Å². The number of hydrogen-bond donors (Lipinski definition) is 2. The van der Waals surface area contributed by atoms with Crippen LogP contribution in [0.25, 0.3) is 0 Å². The highest BCUT2D eigenvalue weighted by atomic mass is 16.6. The Kier molecular flexibility index (Phi) is 5.71. The van der Waals surface area contributed by atoms with E-state index >= 15 is 0 Å². The van der Waals surface area contributed by atoms with Gasteiger partial charge in [0.2, 0.25) is 0 Å². The largest absolute Gasteiger partial charge is 0.387 e. The molecule has 25 heavy (non-hydrogen) atoms. The average Bonchev–Trinajstić information content (AvgIpc) is 2.59. The molecule has 2 rings (SSSR count). The van der Waals surface area contributed by atoms with E-state index in [1.54, 1.807) is 12.1 Å². The highest BCUT2D eigenvalue weighted by Gasteiger charge is 2.18. The smallest absolute Gasteiger partial charge is 0.273 e. The third kappa shape index (κ3) is 4.33. The summed E-state index contributed by atoms with van der Waals surface area (Å²) in [6, 6.07) is 11.7. The summed E-state index contributed by atoms with van der Waals surface area (Å²) < 4.78 is 0. The van der Waals surface area contributed by atoms with Crippen LogP contribution in [0, 0.1) is 17.0 Å². The quantitative estimate of drug-likeness (QED) is 0.620. The van der Waals surface area contributed by atoms with Crippen LogP contribution in [-0.4, -0.2) is 36.6 Å². The maximum absolute atomic E-state index is 12.3. The van der Waals surface area contributed by atoms with Crippen molar-refractivity contribution in [2.75, 3.05) is 25.5 Å². The molecular weight excluding hydrogens is 322 g/mol. The van der Waals surface area contributed by atoms with Gasteiger partial charge in [-0.2, -0.15) is 0 Å². The Morgan fingerprint density at radius 3 is 2.44 bits per heavy atom. The molecule has 0 bridgehead atoms. The molecular formula is C18H21N3O4. The molecule has 0 aromatic heterocycles. The fraction of sp³-hybridized carbons (Fsp3) is 0.278. The van der Waals surface area contributed by atoms with E-state index in [1.807, 2.05) is 31.1 Å². The summed E-state index contributed by atoms with van der Waals surface area (Å²) >= 11 is 0. The summed E-state index contributed by atoms with van der Waals surface area (Å²) in [5.74, 6) is -0.454. The Morgan fingerprint density at radius 1 is 1.24 bits per heavy atom. The second kappa shape index (κ2) is 7.76. The fourth-order valence-corrected chi connectivity index (χ4v) is 2.46. The summed E-state index contributed by atoms with van der Waals surface area (Å²) in [6.07, 6.45) is -0.862. The van der Waals surface area contributed by atoms with Crippen LogP contribution in [0.2, 0.25) is 0 Å². The number of rotatable bonds is 6. The van der Waals surface area contributed by atoms with E-state index < -0.39 is 16.9 Å². The summed E-state index contributed by atoms with van der Waals surface area (Å²) in [7, 11) is 3.85. The lowest BCUT2D eigenvalue weighted by atomic mass is 10.1. The van der Waals surface area contributed by atoms with Crippen LogP contribution >= 0.6 is 0 Å². The van der Waals surface area contributed by atoms with Crippen LogP contribution in [0.4, 0.5) is 11.4 Å². The van der Waals surface area contributed by atoms with Crippen molar-refractivity contribution in [2.45, 2.75) is 13.0 Å². The number of nitrogens with one attached hydrogen (secondary N) is 1. The molecule has 0 heterocycles. The number of amides is 1. The monoisotopic (exact) mass is 343 g/mol. The first kappa shape index (κ1) is 18.4. The number of nitro benzene ring substituents is 1. The van der Waals surface area contributed by atoms with Crippen LogP contribution in [0.3, 0.4) is 0 Å². The lowest BCUT2D eigenvalue weighted by Crippen LogP contribution is -2.29. The molecule has 0 aliphatic rings. The van der Waals surface area contributed by atoms with Crippen molar-refractivity contribution in [3.63, 3.8) is 0 Å². The maximum Gasteiger partial charge on any atom is 0.273 e. The second-order valence-corrected chi connectivity index (χ2v) is 5.92. The summed E-state index contributed by atoms with van der Waals surface area (Å²) in [6.45, 7) is 1.55. The number of aliphatic hydroxyl groups is 1. The third-order valence-corrected chi connectivity index (χ3v) is 4.00. The van der Waals surface area contributed by atoms with E-state index in [4.69, 9.17) is 0 Å². The molecule has 1 unspecified atom stereocenters. The van der Waals surface area contributed by atoms with Gasteiger partial charge in [-0.15, -0.1) is 0 Å². The molecule has 132 valence electrons. The Bertz CT molecular complexity index is 772. The maximum atomic E-state index is 12.3. The van der Waals surface area contributed by atoms with Gasteiger partial charge in [0, 0.05) is 43.5 Å². The number of benzene rings is 2. The number of anilines is 1. The van der Waals surface area contributed by atoms with Gasteiger partial charge in [0.25, 0.3) is 11.6 Å². The third-order valence-electron chi connectivity index (χ3n) is 4.00. The zero-order valence-corrected chi connectivity index (χ0v) is 14.4. The van der Waals surface area contributed by atoms with Gasteiger partial charge in [-0.3, -0.25) is 14.9 Å². The van der Waals surface area contributed by atoms with Crippen LogP contribution in [-0.2, 0) is 0 Å². The minimum atomic E-state index is -0.862. The highest BCUT2D eigenvalue weighted by Crippen LogP contribution is 2.21. The van der Waals surface area contributed by atoms with Crippen molar-refractivity contribution < 1.29 is 14.8 Å². The average molecular weight is 343 g/mol. The van der Waals surface area contributed by atoms with Crippen LogP contribution in [0.1, 0.15) is 27.6 Å². The standard InChI is InChI=1S/C18H21N3O4/c1-12-15(5-4-6-16(12)21(24)25)18(23)19-11-17(22)13-7-9-14(10-8-13)20(2)3/h4-10,17,22H,11H2,1-3H3,(H,19,23). The Morgan fingerprint density at radius 2 is 1.88 bits per heavy atom. The molecule has 0 saturated carbocycles. The highest BCUT2D eigenvalue weighted by molar-refractivity contribution is 5.96. The van der Waals surface area contributed by atoms with Crippen molar-refractivity contribution in [1.82, 2.24) is 5.32 Å². The van der Waals surface area contributed by atoms with E-state index in [0.717, 1.165) is 5.69 Å². The first-order valence-corrected chi connectivity index (χ1v) is 7.78. The molecule has 2 aromatic carbocycles. The molecule has 7 nitrogen and oxygen atoms in total. The van der Waals surface area contributed by atoms with Gasteiger partial charge in [-0.05, 0) is 30.7 Å². The van der Waals surface area contributed by atoms with Crippen molar-refractivity contribution in [1.29, 1.82) is 0 Å². The number of carbonyl (C=O) groups excluding carboxylic acids is 1. The predicted molar refractivity (Wildman–Crippen MR) is 95.9 cm³/mol. The van der Waals surface area contributed by atoms with E-state index in [9.17, 15) is 20.0 Å². The molecule has 1 amide bonds. The van der Waals surface area contributed by atoms with Crippen molar-refractivity contribution in [3.05, 3.63) is 69.3 Å². The van der Waals surface area contributed by atoms with Gasteiger partial charge in [-0.25, -0.2) is 0 Å². The molecule has 0 saturated heterocycles. The molecule has 1 atom stereocenters. The first-order chi connectivity index (χ1) is 11.8. The molecule has 0 radical (unpaired) electrons. The normalized spacial score (nSPS) is 11.7. The van der Waals surface area contributed by atoms with Crippen molar-refractivity contribution in [2.24, 2.45) is 0 Å². The predicted octanol–water partition coefficient (Wildman–Crippen LogP) is 2.43. The minimum absolute atomic E-state index is 0.0161. The molecule has 0 fully saturated rings. The molecule has 7 heteroatoms. The van der Waals surface area contributed by atoms with Gasteiger partial charge < -0.3 is 15.3 Å². The van der Waals surface area contributed by atoms with E-state index in [-0.39, 0.29) is 17.8 Å². The lowest BCUT2D eigenvalue weighted by molar-refractivity contribution is -0.385. The lowest BCUT2D eigenvalue weighted by Gasteiger charge is -2.16. The summed E-state index contributed by atoms with van der Waals surface area (Å²) in [5.41, 5.74) is 2.11. The van der Waals surface area contributed by atoms with Crippen LogP contribution in [0.5, 0.6) is 0 Å². The molecule has 2 N–H and O–H groups in total. The molecule has 0 spiro atoms. The minimum Gasteiger partial charge on any atom is -0.387 e. The van der Waals surface area contributed by atoms with Crippen LogP contribution in [0.15, 0.2) is 42.5 Å². The Hall–Kier alpha value is -2.93. The second-order valence-electron chi connectivity index (χ2n) is 5.92. The van der Waals surface area contributed by atoms with E-state index in [1.165, 1.54) is 25.1 Å². The first-order valence-electron chi connectivity index (χ1n) is 7.78. The van der Waals surface area contributed by atoms with Gasteiger partial charge in [0.1, 0.15) is 0 Å². The van der Waals surface area contributed by atoms with Crippen molar-refractivity contribution >= 4 is 17.3 Å². The Labute approximate surface area is 146 Å². The number of carbonyl (C=O) groups is 1.